The second-order valence-electron chi connectivity index (χ2n) is 9.07. The summed E-state index contributed by atoms with van der Waals surface area (Å²) in [6.07, 6.45) is -3.78. The second-order valence-corrected chi connectivity index (χ2v) is 9.07. The molecule has 1 aromatic rings. The summed E-state index contributed by atoms with van der Waals surface area (Å²) in [5.41, 5.74) is -0.262. The number of hydrogen-bond acceptors (Lipinski definition) is 11. The fraction of sp³-hybridized carbons (Fsp3) is 0.542. The van der Waals surface area contributed by atoms with Gasteiger partial charge >= 0.3 is 5.97 Å². The Balaban J connectivity index is 1.31. The number of fused-ring (bicyclic) bond motifs is 3. The average molecular weight is 492 g/mol. The molecule has 3 fully saturated rings. The van der Waals surface area contributed by atoms with Crippen molar-refractivity contribution in [1.29, 1.82) is 0 Å². The van der Waals surface area contributed by atoms with Crippen LogP contribution in [-0.2, 0) is 28.5 Å². The van der Waals surface area contributed by atoms with Crippen LogP contribution in [0.1, 0.15) is 5.56 Å². The lowest BCUT2D eigenvalue weighted by Crippen LogP contribution is -2.60. The molecule has 11 atom stereocenters. The molecule has 35 heavy (non-hydrogen) atoms. The van der Waals surface area contributed by atoms with Crippen LogP contribution in [0.5, 0.6) is 0 Å². The summed E-state index contributed by atoms with van der Waals surface area (Å²) in [4.78, 5) is 12.5. The molecule has 190 valence electrons. The first-order valence-corrected chi connectivity index (χ1v) is 11.4. The number of hydrogen-bond donors (Lipinski definition) is 5. The summed E-state index contributed by atoms with van der Waals surface area (Å²) in [6, 6.07) is 9.26. The lowest BCUT2D eigenvalue weighted by Gasteiger charge is -2.43. The lowest BCUT2D eigenvalue weighted by molar-refractivity contribution is -0.344. The van der Waals surface area contributed by atoms with Crippen molar-refractivity contribution < 1.29 is 54.0 Å². The maximum Gasteiger partial charge on any atom is 0.331 e. The molecule has 1 saturated carbocycles. The smallest absolute Gasteiger partial charge is 0.331 e. The molecule has 3 heterocycles. The van der Waals surface area contributed by atoms with Crippen molar-refractivity contribution >= 4 is 12.0 Å². The minimum Gasteiger partial charge on any atom is -0.472 e. The quantitative estimate of drug-likeness (QED) is 0.174. The molecule has 0 bridgehead atoms. The summed E-state index contributed by atoms with van der Waals surface area (Å²) in [5.74, 6) is -1.64. The van der Waals surface area contributed by atoms with Crippen LogP contribution in [0.2, 0.25) is 0 Å². The van der Waals surface area contributed by atoms with Crippen molar-refractivity contribution in [1.82, 2.24) is 0 Å². The van der Waals surface area contributed by atoms with E-state index in [1.54, 1.807) is 12.2 Å². The predicted octanol–water partition coefficient (Wildman–Crippen LogP) is -1.33. The Hall–Kier alpha value is -2.35. The third-order valence-electron chi connectivity index (χ3n) is 7.06. The molecule has 1 aromatic carbocycles. The molecule has 4 aliphatic rings. The monoisotopic (exact) mass is 492 g/mol. The van der Waals surface area contributed by atoms with Crippen LogP contribution in [0.15, 0.2) is 48.7 Å². The molecule has 1 aliphatic carbocycles. The Morgan fingerprint density at radius 1 is 1.06 bits per heavy atom. The van der Waals surface area contributed by atoms with Crippen molar-refractivity contribution in [3.63, 3.8) is 0 Å². The first-order valence-electron chi connectivity index (χ1n) is 11.4. The number of ether oxygens (including phenoxy) is 5. The predicted molar refractivity (Wildman–Crippen MR) is 116 cm³/mol. The molecule has 3 aliphatic heterocycles. The Morgan fingerprint density at radius 3 is 2.54 bits per heavy atom. The number of carbonyl (C=O) groups excluding carboxylic acids is 1. The third-order valence-corrected chi connectivity index (χ3v) is 7.06. The highest BCUT2D eigenvalue weighted by Crippen LogP contribution is 2.60. The van der Waals surface area contributed by atoms with Gasteiger partial charge in [-0.25, -0.2) is 4.79 Å². The van der Waals surface area contributed by atoms with Crippen LogP contribution in [-0.4, -0.2) is 99.5 Å². The van der Waals surface area contributed by atoms with E-state index in [0.29, 0.717) is 0 Å². The third kappa shape index (κ3) is 4.28. The van der Waals surface area contributed by atoms with E-state index in [1.165, 1.54) is 12.3 Å². The Morgan fingerprint density at radius 2 is 1.83 bits per heavy atom. The van der Waals surface area contributed by atoms with E-state index in [9.17, 15) is 30.3 Å². The van der Waals surface area contributed by atoms with Crippen LogP contribution >= 0.6 is 0 Å². The largest absolute Gasteiger partial charge is 0.472 e. The lowest BCUT2D eigenvalue weighted by atomic mass is 9.85. The van der Waals surface area contributed by atoms with Gasteiger partial charge < -0.3 is 49.2 Å². The summed E-state index contributed by atoms with van der Waals surface area (Å²) in [5, 5.41) is 50.0. The van der Waals surface area contributed by atoms with E-state index in [-0.39, 0.29) is 0 Å². The first-order chi connectivity index (χ1) is 16.9. The van der Waals surface area contributed by atoms with Gasteiger partial charge in [-0.1, -0.05) is 30.3 Å². The number of benzene rings is 1. The fourth-order valence-electron chi connectivity index (χ4n) is 5.19. The Kier molecular flexibility index (Phi) is 6.68. The summed E-state index contributed by atoms with van der Waals surface area (Å²) < 4.78 is 28.3. The summed E-state index contributed by atoms with van der Waals surface area (Å²) in [6.45, 7) is -0.999. The number of epoxide rings is 1. The standard InChI is InChI=1S/C24H28O11/c25-10-14-17(28)18(29)19(30)23(32-14)34-22-16-13(8-9-31-22)20(21-24(16,11-26)35-21)33-15(27)7-6-12-4-2-1-3-5-12/h1-9,13-14,16-23,25-26,28-30H,10-11H2/t13-,14?,16-,17?,18?,19?,20?,21?,22?,23+,24-/m1/s1. The van der Waals surface area contributed by atoms with E-state index in [1.807, 2.05) is 30.3 Å². The number of aliphatic hydroxyl groups is 5. The molecule has 2 saturated heterocycles. The summed E-state index contributed by atoms with van der Waals surface area (Å²) >= 11 is 0. The number of carbonyl (C=O) groups is 1. The van der Waals surface area contributed by atoms with Gasteiger partial charge in [0.05, 0.1) is 25.4 Å². The maximum absolute atomic E-state index is 12.5. The van der Waals surface area contributed by atoms with E-state index in [2.05, 4.69) is 0 Å². The van der Waals surface area contributed by atoms with E-state index >= 15 is 0 Å². The zero-order chi connectivity index (χ0) is 24.7. The van der Waals surface area contributed by atoms with Gasteiger partial charge in [-0.3, -0.25) is 0 Å². The Labute approximate surface area is 200 Å². The van der Waals surface area contributed by atoms with Gasteiger partial charge in [-0.15, -0.1) is 0 Å². The molecule has 11 heteroatoms. The van der Waals surface area contributed by atoms with Gasteiger partial charge in [0.2, 0.25) is 6.29 Å². The molecule has 0 aromatic heterocycles. The molecular weight excluding hydrogens is 464 g/mol. The minimum absolute atomic E-state index is 0.390. The molecular formula is C24H28O11. The fourth-order valence-corrected chi connectivity index (χ4v) is 5.19. The van der Waals surface area contributed by atoms with Crippen molar-refractivity contribution in [2.75, 3.05) is 13.2 Å². The van der Waals surface area contributed by atoms with Gasteiger partial charge in [0.25, 0.3) is 0 Å². The SMILES string of the molecule is O=C(C=Cc1ccccc1)OC1C2O[C@]2(CO)[C@H]2C(O[C@@H]3OC(CO)C(O)C(O)C3O)OC=C[C@@H]12. The molecule has 0 amide bonds. The zero-order valence-corrected chi connectivity index (χ0v) is 18.6. The molecule has 0 radical (unpaired) electrons. The number of rotatable bonds is 7. The van der Waals surface area contributed by atoms with Crippen LogP contribution in [0, 0.1) is 11.8 Å². The minimum atomic E-state index is -1.63. The maximum atomic E-state index is 12.5. The average Bonchev–Trinajstić information content (AvgIpc) is 3.56. The first kappa shape index (κ1) is 24.3. The molecule has 11 nitrogen and oxygen atoms in total. The van der Waals surface area contributed by atoms with E-state index in [4.69, 9.17) is 23.7 Å². The van der Waals surface area contributed by atoms with Gasteiger partial charge in [0.1, 0.15) is 42.2 Å². The van der Waals surface area contributed by atoms with Gasteiger partial charge in [-0.05, 0) is 17.7 Å². The van der Waals surface area contributed by atoms with Crippen molar-refractivity contribution in [3.8, 4) is 0 Å². The van der Waals surface area contributed by atoms with Gasteiger partial charge in [0, 0.05) is 12.0 Å². The zero-order valence-electron chi connectivity index (χ0n) is 18.6. The van der Waals surface area contributed by atoms with Gasteiger partial charge in [0.15, 0.2) is 6.29 Å². The van der Waals surface area contributed by atoms with Crippen LogP contribution in [0.3, 0.4) is 0 Å². The number of aliphatic hydroxyl groups excluding tert-OH is 5. The normalized spacial score (nSPS) is 43.9. The highest BCUT2D eigenvalue weighted by atomic mass is 16.8. The van der Waals surface area contributed by atoms with E-state index < -0.39 is 85.8 Å². The van der Waals surface area contributed by atoms with E-state index in [0.717, 1.165) is 5.56 Å². The van der Waals surface area contributed by atoms with Crippen molar-refractivity contribution in [2.45, 2.75) is 54.8 Å². The van der Waals surface area contributed by atoms with Gasteiger partial charge in [-0.2, -0.15) is 0 Å². The second kappa shape index (κ2) is 9.60. The van der Waals surface area contributed by atoms with Crippen LogP contribution in [0.25, 0.3) is 6.08 Å². The summed E-state index contributed by atoms with van der Waals surface area (Å²) in [7, 11) is 0. The molecule has 7 unspecified atom stereocenters. The highest BCUT2D eigenvalue weighted by Gasteiger charge is 2.77. The number of esters is 1. The molecule has 5 rings (SSSR count). The van der Waals surface area contributed by atoms with Crippen LogP contribution < -0.4 is 0 Å². The molecule has 5 N–H and O–H groups in total. The van der Waals surface area contributed by atoms with Crippen molar-refractivity contribution in [2.24, 2.45) is 11.8 Å². The Bertz CT molecular complexity index is 965. The van der Waals surface area contributed by atoms with Crippen molar-refractivity contribution in [3.05, 3.63) is 54.3 Å². The topological polar surface area (TPSA) is 168 Å². The van der Waals surface area contributed by atoms with Crippen LogP contribution in [0.4, 0.5) is 0 Å². The highest BCUT2D eigenvalue weighted by molar-refractivity contribution is 5.87. The molecule has 0 spiro atoms.